The molecule has 0 aromatic carbocycles. The highest BCUT2D eigenvalue weighted by Crippen LogP contribution is 2.15. The van der Waals surface area contributed by atoms with Gasteiger partial charge < -0.3 is 14.5 Å². The van der Waals surface area contributed by atoms with Gasteiger partial charge >= 0.3 is 5.97 Å². The summed E-state index contributed by atoms with van der Waals surface area (Å²) >= 11 is 0. The van der Waals surface area contributed by atoms with E-state index in [-0.39, 0.29) is 5.97 Å². The number of nitrogens with zero attached hydrogens (tertiary/aromatic N) is 2. The summed E-state index contributed by atoms with van der Waals surface area (Å²) in [6.07, 6.45) is 3.98. The molecular weight excluding hydrogens is 228 g/mol. The van der Waals surface area contributed by atoms with E-state index in [0.29, 0.717) is 13.0 Å². The largest absolute Gasteiger partial charge is 0.466 e. The van der Waals surface area contributed by atoms with Gasteiger partial charge in [0.25, 0.3) is 0 Å². The molecule has 1 heterocycles. The number of hydrogen-bond donors (Lipinski definition) is 0. The minimum atomic E-state index is -0.0487. The Balaban J connectivity index is 1.99. The number of piperidine rings is 1. The van der Waals surface area contributed by atoms with Crippen molar-refractivity contribution in [1.29, 1.82) is 0 Å². The summed E-state index contributed by atoms with van der Waals surface area (Å²) in [6.45, 7) is 6.95. The number of rotatable bonds is 7. The van der Waals surface area contributed by atoms with Crippen molar-refractivity contribution >= 4 is 5.97 Å². The molecule has 0 spiro atoms. The average Bonchev–Trinajstić information content (AvgIpc) is 2.34. The van der Waals surface area contributed by atoms with Gasteiger partial charge in [0.2, 0.25) is 0 Å². The molecule has 106 valence electrons. The molecule has 1 saturated heterocycles. The number of hydrogen-bond acceptors (Lipinski definition) is 4. The summed E-state index contributed by atoms with van der Waals surface area (Å²) in [5.41, 5.74) is 0. The molecule has 0 unspecified atom stereocenters. The fourth-order valence-corrected chi connectivity index (χ4v) is 2.17. The van der Waals surface area contributed by atoms with Gasteiger partial charge in [-0.05, 0) is 52.4 Å². The molecule has 0 atom stereocenters. The highest BCUT2D eigenvalue weighted by molar-refractivity contribution is 5.69. The molecule has 4 nitrogen and oxygen atoms in total. The molecule has 1 aliphatic rings. The van der Waals surface area contributed by atoms with Crippen LogP contribution < -0.4 is 0 Å². The zero-order chi connectivity index (χ0) is 13.4. The fourth-order valence-electron chi connectivity index (χ4n) is 2.17. The van der Waals surface area contributed by atoms with E-state index in [1.165, 1.54) is 12.8 Å². The molecule has 18 heavy (non-hydrogen) atoms. The summed E-state index contributed by atoms with van der Waals surface area (Å²) in [6, 6.07) is 0. The number of likely N-dealkylation sites (tertiary alicyclic amines) is 1. The van der Waals surface area contributed by atoms with Gasteiger partial charge in [0.1, 0.15) is 0 Å². The van der Waals surface area contributed by atoms with Crippen molar-refractivity contribution in [2.45, 2.75) is 32.6 Å². The Morgan fingerprint density at radius 2 is 2.00 bits per heavy atom. The highest BCUT2D eigenvalue weighted by Gasteiger charge is 2.16. The first-order chi connectivity index (χ1) is 8.58. The van der Waals surface area contributed by atoms with Crippen LogP contribution in [0.25, 0.3) is 0 Å². The van der Waals surface area contributed by atoms with Crippen LogP contribution in [0.2, 0.25) is 0 Å². The first-order valence-corrected chi connectivity index (χ1v) is 7.10. The Labute approximate surface area is 111 Å². The van der Waals surface area contributed by atoms with Gasteiger partial charge in [0.15, 0.2) is 0 Å². The molecule has 0 amide bonds. The summed E-state index contributed by atoms with van der Waals surface area (Å²) in [4.78, 5) is 16.0. The molecule has 0 radical (unpaired) electrons. The summed E-state index contributed by atoms with van der Waals surface area (Å²) in [7, 11) is 4.05. The third-order valence-electron chi connectivity index (χ3n) is 3.52. The lowest BCUT2D eigenvalue weighted by Crippen LogP contribution is -2.34. The number of esters is 1. The van der Waals surface area contributed by atoms with Crippen LogP contribution in [0.15, 0.2) is 0 Å². The quantitative estimate of drug-likeness (QED) is 0.512. The minimum Gasteiger partial charge on any atom is -0.466 e. The van der Waals surface area contributed by atoms with Crippen LogP contribution in [0, 0.1) is 5.92 Å². The second-order valence-corrected chi connectivity index (χ2v) is 5.65. The molecule has 1 aliphatic heterocycles. The van der Waals surface area contributed by atoms with Crippen molar-refractivity contribution < 1.29 is 9.53 Å². The van der Waals surface area contributed by atoms with E-state index in [9.17, 15) is 4.79 Å². The maximum absolute atomic E-state index is 11.5. The van der Waals surface area contributed by atoms with Crippen molar-refractivity contribution in [3.05, 3.63) is 0 Å². The van der Waals surface area contributed by atoms with E-state index in [1.54, 1.807) is 0 Å². The lowest BCUT2D eigenvalue weighted by atomic mass is 9.99. The topological polar surface area (TPSA) is 32.8 Å². The summed E-state index contributed by atoms with van der Waals surface area (Å²) in [5.74, 6) is 0.798. The van der Waals surface area contributed by atoms with Crippen LogP contribution in [-0.4, -0.2) is 62.7 Å². The van der Waals surface area contributed by atoms with E-state index in [4.69, 9.17) is 4.74 Å². The predicted octanol–water partition coefficient (Wildman–Crippen LogP) is 1.60. The first kappa shape index (κ1) is 15.4. The number of carbonyl (C=O) groups excluding carboxylic acids is 1. The van der Waals surface area contributed by atoms with Crippen LogP contribution in [0.4, 0.5) is 0 Å². The smallest absolute Gasteiger partial charge is 0.307 e. The molecule has 1 rings (SSSR count). The van der Waals surface area contributed by atoms with Crippen LogP contribution in [-0.2, 0) is 9.53 Å². The van der Waals surface area contributed by atoms with Crippen LogP contribution in [0.3, 0.4) is 0 Å². The first-order valence-electron chi connectivity index (χ1n) is 7.10. The molecule has 4 heteroatoms. The van der Waals surface area contributed by atoms with Crippen molar-refractivity contribution in [1.82, 2.24) is 9.80 Å². The second kappa shape index (κ2) is 8.48. The number of ether oxygens (including phenoxy) is 1. The van der Waals surface area contributed by atoms with Crippen molar-refractivity contribution in [3.63, 3.8) is 0 Å². The highest BCUT2D eigenvalue weighted by atomic mass is 16.5. The lowest BCUT2D eigenvalue weighted by Gasteiger charge is -2.29. The minimum absolute atomic E-state index is 0.0487. The Bertz CT molecular complexity index is 236. The summed E-state index contributed by atoms with van der Waals surface area (Å²) < 4.78 is 5.21. The Morgan fingerprint density at radius 3 is 2.61 bits per heavy atom. The van der Waals surface area contributed by atoms with Gasteiger partial charge in [0.05, 0.1) is 13.0 Å². The van der Waals surface area contributed by atoms with E-state index in [2.05, 4.69) is 16.7 Å². The molecule has 0 aromatic heterocycles. The standard InChI is InChI=1S/C14H28N2O2/c1-13-5-9-16(10-6-13)11-7-14(17)18-12-4-8-15(2)3/h13H,4-12H2,1-3H3. The molecule has 0 N–H and O–H groups in total. The molecule has 0 aromatic rings. The molecule has 0 saturated carbocycles. The molecule has 1 fully saturated rings. The van der Waals surface area contributed by atoms with E-state index in [1.807, 2.05) is 14.1 Å². The number of carbonyl (C=O) groups is 1. The zero-order valence-electron chi connectivity index (χ0n) is 12.2. The monoisotopic (exact) mass is 256 g/mol. The van der Waals surface area contributed by atoms with Crippen molar-refractivity contribution in [3.8, 4) is 0 Å². The van der Waals surface area contributed by atoms with Gasteiger partial charge in [-0.3, -0.25) is 4.79 Å². The Kier molecular flexibility index (Phi) is 7.28. The van der Waals surface area contributed by atoms with Crippen LogP contribution >= 0.6 is 0 Å². The third-order valence-corrected chi connectivity index (χ3v) is 3.52. The Morgan fingerprint density at radius 1 is 1.33 bits per heavy atom. The van der Waals surface area contributed by atoms with E-state index >= 15 is 0 Å². The molecular formula is C14H28N2O2. The maximum atomic E-state index is 11.5. The van der Waals surface area contributed by atoms with Crippen LogP contribution in [0.1, 0.15) is 32.6 Å². The SMILES string of the molecule is CC1CCN(CCC(=O)OCCCN(C)C)CC1. The lowest BCUT2D eigenvalue weighted by molar-refractivity contribution is -0.144. The predicted molar refractivity (Wildman–Crippen MR) is 73.6 cm³/mol. The van der Waals surface area contributed by atoms with Crippen molar-refractivity contribution in [2.24, 2.45) is 5.92 Å². The zero-order valence-corrected chi connectivity index (χ0v) is 12.2. The second-order valence-electron chi connectivity index (χ2n) is 5.65. The molecule has 0 bridgehead atoms. The molecule has 0 aliphatic carbocycles. The van der Waals surface area contributed by atoms with Gasteiger partial charge in [0, 0.05) is 13.1 Å². The van der Waals surface area contributed by atoms with Crippen LogP contribution in [0.5, 0.6) is 0 Å². The van der Waals surface area contributed by atoms with Crippen molar-refractivity contribution in [2.75, 3.05) is 46.9 Å². The fraction of sp³-hybridized carbons (Fsp3) is 0.929. The normalized spacial score (nSPS) is 18.2. The van der Waals surface area contributed by atoms with Gasteiger partial charge in [-0.25, -0.2) is 0 Å². The average molecular weight is 256 g/mol. The maximum Gasteiger partial charge on any atom is 0.307 e. The Hall–Kier alpha value is -0.610. The van der Waals surface area contributed by atoms with Gasteiger partial charge in [-0.1, -0.05) is 6.92 Å². The third kappa shape index (κ3) is 6.97. The van der Waals surface area contributed by atoms with Gasteiger partial charge in [-0.2, -0.15) is 0 Å². The van der Waals surface area contributed by atoms with E-state index < -0.39 is 0 Å². The van der Waals surface area contributed by atoms with Gasteiger partial charge in [-0.15, -0.1) is 0 Å². The van der Waals surface area contributed by atoms with E-state index in [0.717, 1.165) is 38.5 Å². The summed E-state index contributed by atoms with van der Waals surface area (Å²) in [5, 5.41) is 0.